The fourth-order valence-electron chi connectivity index (χ4n) is 2.78. The highest BCUT2D eigenvalue weighted by atomic mass is 15.1. The first-order valence-electron chi connectivity index (χ1n) is 6.70. The Morgan fingerprint density at radius 1 is 1.39 bits per heavy atom. The molecule has 0 amide bonds. The van der Waals surface area contributed by atoms with E-state index in [4.69, 9.17) is 5.73 Å². The van der Waals surface area contributed by atoms with Crippen LogP contribution in [0.4, 0.5) is 0 Å². The van der Waals surface area contributed by atoms with Gasteiger partial charge in [0.15, 0.2) is 0 Å². The maximum atomic E-state index is 5.77. The van der Waals surface area contributed by atoms with Gasteiger partial charge in [0.2, 0.25) is 0 Å². The SMILES string of the molecule is NCC1CCCN(Cc2cn3ccccc3n2)C1. The summed E-state index contributed by atoms with van der Waals surface area (Å²) in [5.74, 6) is 0.663. The lowest BCUT2D eigenvalue weighted by Crippen LogP contribution is -2.37. The molecule has 2 aromatic heterocycles. The Morgan fingerprint density at radius 2 is 2.33 bits per heavy atom. The van der Waals surface area contributed by atoms with Crippen molar-refractivity contribution in [2.45, 2.75) is 19.4 Å². The van der Waals surface area contributed by atoms with Crippen LogP contribution in [-0.2, 0) is 6.54 Å². The first kappa shape index (κ1) is 11.7. The third kappa shape index (κ3) is 2.40. The summed E-state index contributed by atoms with van der Waals surface area (Å²) in [7, 11) is 0. The third-order valence-electron chi connectivity index (χ3n) is 3.74. The Balaban J connectivity index is 1.71. The van der Waals surface area contributed by atoms with Crippen LogP contribution in [0.1, 0.15) is 18.5 Å². The molecule has 1 unspecified atom stereocenters. The minimum Gasteiger partial charge on any atom is -0.330 e. The molecule has 4 nitrogen and oxygen atoms in total. The van der Waals surface area contributed by atoms with Gasteiger partial charge >= 0.3 is 0 Å². The van der Waals surface area contributed by atoms with Crippen LogP contribution in [0.25, 0.3) is 5.65 Å². The van der Waals surface area contributed by atoms with Crippen LogP contribution in [0.15, 0.2) is 30.6 Å². The van der Waals surface area contributed by atoms with E-state index in [2.05, 4.69) is 20.5 Å². The van der Waals surface area contributed by atoms with Gasteiger partial charge in [-0.1, -0.05) is 6.07 Å². The Labute approximate surface area is 107 Å². The molecule has 0 saturated carbocycles. The maximum absolute atomic E-state index is 5.77. The highest BCUT2D eigenvalue weighted by molar-refractivity contribution is 5.39. The molecule has 0 aromatic carbocycles. The Morgan fingerprint density at radius 3 is 3.17 bits per heavy atom. The van der Waals surface area contributed by atoms with E-state index in [0.29, 0.717) is 5.92 Å². The number of aromatic nitrogens is 2. The topological polar surface area (TPSA) is 46.6 Å². The number of rotatable bonds is 3. The molecule has 0 radical (unpaired) electrons. The second-order valence-electron chi connectivity index (χ2n) is 5.18. The molecule has 1 saturated heterocycles. The summed E-state index contributed by atoms with van der Waals surface area (Å²) in [5.41, 5.74) is 7.95. The van der Waals surface area contributed by atoms with Gasteiger partial charge in [-0.2, -0.15) is 0 Å². The molecule has 3 rings (SSSR count). The van der Waals surface area contributed by atoms with E-state index in [1.54, 1.807) is 0 Å². The number of pyridine rings is 1. The molecule has 1 aliphatic heterocycles. The number of nitrogens with two attached hydrogens (primary N) is 1. The number of piperidine rings is 1. The van der Waals surface area contributed by atoms with Crippen LogP contribution in [0.2, 0.25) is 0 Å². The standard InChI is InChI=1S/C14H20N4/c15-8-12-4-3-6-17(9-12)10-13-11-18-7-2-1-5-14(18)16-13/h1-2,5,7,11-12H,3-4,6,8-10,15H2. The highest BCUT2D eigenvalue weighted by Gasteiger charge is 2.19. The molecule has 0 bridgehead atoms. The molecule has 1 atom stereocenters. The number of hydrogen-bond donors (Lipinski definition) is 1. The molecule has 3 heterocycles. The van der Waals surface area contributed by atoms with Gasteiger partial charge in [0.1, 0.15) is 5.65 Å². The second kappa shape index (κ2) is 5.08. The lowest BCUT2D eigenvalue weighted by molar-refractivity contribution is 0.169. The minimum absolute atomic E-state index is 0.663. The lowest BCUT2D eigenvalue weighted by Gasteiger charge is -2.31. The van der Waals surface area contributed by atoms with E-state index in [-0.39, 0.29) is 0 Å². The van der Waals surface area contributed by atoms with Gasteiger partial charge in [0.05, 0.1) is 5.69 Å². The van der Waals surface area contributed by atoms with Gasteiger partial charge in [-0.15, -0.1) is 0 Å². The minimum atomic E-state index is 0.663. The molecular weight excluding hydrogens is 224 g/mol. The van der Waals surface area contributed by atoms with E-state index in [1.807, 2.05) is 24.4 Å². The predicted octanol–water partition coefficient (Wildman–Crippen LogP) is 1.50. The van der Waals surface area contributed by atoms with Crippen molar-refractivity contribution in [2.75, 3.05) is 19.6 Å². The fraction of sp³-hybridized carbons (Fsp3) is 0.500. The summed E-state index contributed by atoms with van der Waals surface area (Å²) in [6, 6.07) is 6.10. The molecule has 2 N–H and O–H groups in total. The lowest BCUT2D eigenvalue weighted by atomic mass is 9.98. The molecule has 4 heteroatoms. The van der Waals surface area contributed by atoms with Crippen molar-refractivity contribution in [3.05, 3.63) is 36.3 Å². The number of likely N-dealkylation sites (tertiary alicyclic amines) is 1. The van der Waals surface area contributed by atoms with Crippen LogP contribution >= 0.6 is 0 Å². The fourth-order valence-corrected chi connectivity index (χ4v) is 2.78. The molecule has 1 fully saturated rings. The van der Waals surface area contributed by atoms with Crippen molar-refractivity contribution in [1.29, 1.82) is 0 Å². The van der Waals surface area contributed by atoms with Crippen molar-refractivity contribution in [3.8, 4) is 0 Å². The first-order valence-corrected chi connectivity index (χ1v) is 6.70. The van der Waals surface area contributed by atoms with E-state index in [9.17, 15) is 0 Å². The molecule has 18 heavy (non-hydrogen) atoms. The molecule has 96 valence electrons. The summed E-state index contributed by atoms with van der Waals surface area (Å²) in [6.45, 7) is 4.04. The molecule has 0 aliphatic carbocycles. The van der Waals surface area contributed by atoms with Crippen LogP contribution in [0.5, 0.6) is 0 Å². The zero-order valence-corrected chi connectivity index (χ0v) is 10.6. The van der Waals surface area contributed by atoms with E-state index in [1.165, 1.54) is 19.4 Å². The average molecular weight is 244 g/mol. The zero-order chi connectivity index (χ0) is 12.4. The summed E-state index contributed by atoms with van der Waals surface area (Å²) in [6.07, 6.45) is 6.71. The number of imidazole rings is 1. The third-order valence-corrected chi connectivity index (χ3v) is 3.74. The smallest absolute Gasteiger partial charge is 0.137 e. The van der Waals surface area contributed by atoms with Gasteiger partial charge < -0.3 is 10.1 Å². The Hall–Kier alpha value is -1.39. The van der Waals surface area contributed by atoms with Crippen LogP contribution in [0, 0.1) is 5.92 Å². The van der Waals surface area contributed by atoms with E-state index >= 15 is 0 Å². The highest BCUT2D eigenvalue weighted by Crippen LogP contribution is 2.17. The normalized spacial score (nSPS) is 21.5. The maximum Gasteiger partial charge on any atom is 0.137 e. The predicted molar refractivity (Wildman–Crippen MR) is 72.2 cm³/mol. The van der Waals surface area contributed by atoms with Crippen molar-refractivity contribution in [2.24, 2.45) is 11.7 Å². The van der Waals surface area contributed by atoms with Crippen molar-refractivity contribution in [3.63, 3.8) is 0 Å². The summed E-state index contributed by atoms with van der Waals surface area (Å²) in [4.78, 5) is 7.12. The monoisotopic (exact) mass is 244 g/mol. The quantitative estimate of drug-likeness (QED) is 0.890. The number of hydrogen-bond acceptors (Lipinski definition) is 3. The van der Waals surface area contributed by atoms with Crippen molar-refractivity contribution < 1.29 is 0 Å². The van der Waals surface area contributed by atoms with Gasteiger partial charge in [0, 0.05) is 25.5 Å². The van der Waals surface area contributed by atoms with Gasteiger partial charge in [-0.25, -0.2) is 4.98 Å². The van der Waals surface area contributed by atoms with Crippen molar-refractivity contribution >= 4 is 5.65 Å². The number of nitrogens with zero attached hydrogens (tertiary/aromatic N) is 3. The van der Waals surface area contributed by atoms with E-state index < -0.39 is 0 Å². The molecule has 0 spiro atoms. The zero-order valence-electron chi connectivity index (χ0n) is 10.6. The van der Waals surface area contributed by atoms with Crippen LogP contribution in [-0.4, -0.2) is 33.9 Å². The van der Waals surface area contributed by atoms with Gasteiger partial charge in [-0.3, -0.25) is 4.90 Å². The van der Waals surface area contributed by atoms with Gasteiger partial charge in [-0.05, 0) is 44.0 Å². The Kier molecular flexibility index (Phi) is 3.30. The Bertz CT molecular complexity index is 486. The number of fused-ring (bicyclic) bond motifs is 1. The summed E-state index contributed by atoms with van der Waals surface area (Å²) < 4.78 is 2.08. The average Bonchev–Trinajstić information content (AvgIpc) is 2.81. The second-order valence-corrected chi connectivity index (χ2v) is 5.18. The summed E-state index contributed by atoms with van der Waals surface area (Å²) in [5, 5.41) is 0. The molecule has 2 aromatic rings. The van der Waals surface area contributed by atoms with Crippen molar-refractivity contribution in [1.82, 2.24) is 14.3 Å². The summed E-state index contributed by atoms with van der Waals surface area (Å²) >= 11 is 0. The van der Waals surface area contributed by atoms with Crippen LogP contribution in [0.3, 0.4) is 0 Å². The van der Waals surface area contributed by atoms with E-state index in [0.717, 1.165) is 31.0 Å². The molecule has 1 aliphatic rings. The molecular formula is C14H20N4. The first-order chi connectivity index (χ1) is 8.85. The largest absolute Gasteiger partial charge is 0.330 e. The van der Waals surface area contributed by atoms with Gasteiger partial charge in [0.25, 0.3) is 0 Å². The van der Waals surface area contributed by atoms with Crippen LogP contribution < -0.4 is 5.73 Å².